The Kier molecular flexibility index (Phi) is 5.78. The van der Waals surface area contributed by atoms with Gasteiger partial charge in [0.15, 0.2) is 0 Å². The van der Waals surface area contributed by atoms with Gasteiger partial charge in [-0.15, -0.1) is 0 Å². The van der Waals surface area contributed by atoms with Crippen LogP contribution in [0.25, 0.3) is 0 Å². The molecule has 1 aromatic rings. The van der Waals surface area contributed by atoms with Crippen LogP contribution < -0.4 is 0 Å². The lowest BCUT2D eigenvalue weighted by Crippen LogP contribution is -2.56. The van der Waals surface area contributed by atoms with Crippen LogP contribution in [0, 0.1) is 0 Å². The summed E-state index contributed by atoms with van der Waals surface area (Å²) in [4.78, 5) is 0. The van der Waals surface area contributed by atoms with Gasteiger partial charge in [-0.3, -0.25) is 0 Å². The summed E-state index contributed by atoms with van der Waals surface area (Å²) in [5.41, 5.74) is 0.0799. The summed E-state index contributed by atoms with van der Waals surface area (Å²) in [5.74, 6) is 1.50. The largest absolute Gasteiger partial charge is 0.500 e. The van der Waals surface area contributed by atoms with Crippen molar-refractivity contribution in [3.63, 3.8) is 0 Å². The first-order valence-electron chi connectivity index (χ1n) is 7.46. The van der Waals surface area contributed by atoms with E-state index in [1.54, 1.807) is 21.3 Å². The van der Waals surface area contributed by atoms with Crippen molar-refractivity contribution >= 4 is 19.2 Å². The monoisotopic (exact) mass is 354 g/mol. The van der Waals surface area contributed by atoms with Gasteiger partial charge in [-0.25, -0.2) is 0 Å². The molecule has 23 heavy (non-hydrogen) atoms. The molecule has 1 aliphatic rings. The highest BCUT2D eigenvalue weighted by atomic mass is 35.7. The normalized spacial score (nSPS) is 25.2. The van der Waals surface area contributed by atoms with Gasteiger partial charge in [0.05, 0.1) is 19.9 Å². The molecule has 0 fully saturated rings. The van der Waals surface area contributed by atoms with Gasteiger partial charge in [0, 0.05) is 18.6 Å². The molecule has 1 aromatic carbocycles. The molecule has 5 heteroatoms. The van der Waals surface area contributed by atoms with Crippen LogP contribution >= 0.6 is 19.2 Å². The van der Waals surface area contributed by atoms with Gasteiger partial charge in [-0.05, 0) is 19.6 Å². The van der Waals surface area contributed by atoms with Crippen LogP contribution in [0.4, 0.5) is 0 Å². The minimum Gasteiger partial charge on any atom is -0.500 e. The summed E-state index contributed by atoms with van der Waals surface area (Å²) in [7, 11) is 5.14. The van der Waals surface area contributed by atoms with Crippen molar-refractivity contribution in [3.05, 3.63) is 59.6 Å². The van der Waals surface area contributed by atoms with E-state index < -0.39 is 5.60 Å². The minimum absolute atomic E-state index is 0.0896. The van der Waals surface area contributed by atoms with Crippen LogP contribution in [0.15, 0.2) is 54.0 Å². The van der Waals surface area contributed by atoms with E-state index in [2.05, 4.69) is 26.0 Å². The number of benzene rings is 1. The molecule has 0 N–H and O–H groups in total. The van der Waals surface area contributed by atoms with Crippen LogP contribution in [-0.2, 0) is 19.6 Å². The summed E-state index contributed by atoms with van der Waals surface area (Å²) >= 11 is 6.36. The smallest absolute Gasteiger partial charge is 0.121 e. The predicted octanol–water partition coefficient (Wildman–Crippen LogP) is 4.62. The van der Waals surface area contributed by atoms with Gasteiger partial charge in [-0.2, -0.15) is 0 Å². The highest BCUT2D eigenvalue weighted by molar-refractivity contribution is 7.69. The minimum atomic E-state index is -0.667. The van der Waals surface area contributed by atoms with Gasteiger partial charge in [0.2, 0.25) is 0 Å². The maximum absolute atomic E-state index is 6.36. The fraction of sp³-hybridized carbons (Fsp3) is 0.444. The van der Waals surface area contributed by atoms with Crippen molar-refractivity contribution in [3.8, 4) is 0 Å². The summed E-state index contributed by atoms with van der Waals surface area (Å²) in [5, 5.41) is 0. The lowest BCUT2D eigenvalue weighted by Gasteiger charge is -2.50. The van der Waals surface area contributed by atoms with E-state index in [1.165, 1.54) is 5.56 Å². The number of ether oxygens (including phenoxy) is 3. The van der Waals surface area contributed by atoms with Gasteiger partial charge >= 0.3 is 0 Å². The number of allylic oxidation sites excluding steroid dienone is 1. The van der Waals surface area contributed by atoms with Crippen molar-refractivity contribution in [2.75, 3.05) is 21.3 Å². The molecule has 3 unspecified atom stereocenters. The van der Waals surface area contributed by atoms with Gasteiger partial charge in [0.25, 0.3) is 0 Å². The van der Waals surface area contributed by atoms with E-state index in [9.17, 15) is 0 Å². The molecule has 0 amide bonds. The Bertz CT molecular complexity index is 598. The molecule has 0 radical (unpaired) electrons. The lowest BCUT2D eigenvalue weighted by atomic mass is 9.66. The van der Waals surface area contributed by atoms with Gasteiger partial charge in [0.1, 0.15) is 17.1 Å². The first kappa shape index (κ1) is 18.3. The standard InChI is InChI=1S/C18H24ClO3P/c1-17(2,13-9-7-6-8-10-13)18(22-5)12-14(20-3)11-15(21-4)16(18)23-19/h6-12,16,23H,1-5H3. The van der Waals surface area contributed by atoms with E-state index >= 15 is 0 Å². The summed E-state index contributed by atoms with van der Waals surface area (Å²) in [6.07, 6.45) is 3.92. The molecule has 0 saturated carbocycles. The van der Waals surface area contributed by atoms with Crippen LogP contribution in [0.3, 0.4) is 0 Å². The van der Waals surface area contributed by atoms with Crippen molar-refractivity contribution in [2.45, 2.75) is 30.5 Å². The zero-order valence-electron chi connectivity index (χ0n) is 14.2. The molecule has 0 bridgehead atoms. The Balaban J connectivity index is 2.65. The predicted molar refractivity (Wildman–Crippen MR) is 97.3 cm³/mol. The molecule has 3 atom stereocenters. The van der Waals surface area contributed by atoms with E-state index in [1.807, 2.05) is 30.4 Å². The average Bonchev–Trinajstić information content (AvgIpc) is 2.60. The molecule has 3 nitrogen and oxygen atoms in total. The second-order valence-corrected chi connectivity index (χ2v) is 7.48. The second kappa shape index (κ2) is 7.25. The lowest BCUT2D eigenvalue weighted by molar-refractivity contribution is -0.0327. The maximum Gasteiger partial charge on any atom is 0.121 e. The number of rotatable bonds is 6. The summed E-state index contributed by atoms with van der Waals surface area (Å²) in [6, 6.07) is 10.3. The van der Waals surface area contributed by atoms with Crippen LogP contribution in [-0.4, -0.2) is 32.6 Å². The molecule has 126 valence electrons. The van der Waals surface area contributed by atoms with E-state index in [0.29, 0.717) is 0 Å². The third-order valence-electron chi connectivity index (χ3n) is 4.75. The quantitative estimate of drug-likeness (QED) is 0.697. The molecule has 0 heterocycles. The molecular weight excluding hydrogens is 331 g/mol. The highest BCUT2D eigenvalue weighted by Crippen LogP contribution is 2.52. The van der Waals surface area contributed by atoms with Crippen LogP contribution in [0.2, 0.25) is 0 Å². The Morgan fingerprint density at radius 3 is 2.22 bits per heavy atom. The van der Waals surface area contributed by atoms with Crippen LogP contribution in [0.5, 0.6) is 0 Å². The number of hydrogen-bond acceptors (Lipinski definition) is 3. The maximum atomic E-state index is 6.36. The first-order chi connectivity index (χ1) is 11.0. The Labute approximate surface area is 145 Å². The third kappa shape index (κ3) is 3.03. The SMILES string of the molecule is COC1=CC(OC)(C(C)(C)c2ccccc2)C(PCl)C(OC)=C1. The van der Waals surface area contributed by atoms with E-state index in [0.717, 1.165) is 11.5 Å². The third-order valence-corrected chi connectivity index (χ3v) is 6.33. The van der Waals surface area contributed by atoms with E-state index in [4.69, 9.17) is 25.5 Å². The fourth-order valence-electron chi connectivity index (χ4n) is 3.25. The average molecular weight is 355 g/mol. The molecule has 2 rings (SSSR count). The second-order valence-electron chi connectivity index (χ2n) is 6.03. The molecule has 1 aliphatic carbocycles. The molecule has 0 spiro atoms. The molecule has 0 aromatic heterocycles. The van der Waals surface area contributed by atoms with Gasteiger partial charge < -0.3 is 14.2 Å². The molecular formula is C18H24ClO3P. The Hall–Kier alpha value is -1.02. The van der Waals surface area contributed by atoms with Crippen molar-refractivity contribution in [1.82, 2.24) is 0 Å². The van der Waals surface area contributed by atoms with Gasteiger partial charge in [-0.1, -0.05) is 55.4 Å². The molecule has 0 aliphatic heterocycles. The molecule has 0 saturated heterocycles. The van der Waals surface area contributed by atoms with Crippen molar-refractivity contribution in [1.29, 1.82) is 0 Å². The van der Waals surface area contributed by atoms with Crippen molar-refractivity contribution < 1.29 is 14.2 Å². The summed E-state index contributed by atoms with van der Waals surface area (Å²) < 4.78 is 17.2. The van der Waals surface area contributed by atoms with E-state index in [-0.39, 0.29) is 19.0 Å². The number of methoxy groups -OCH3 is 3. The zero-order valence-corrected chi connectivity index (χ0v) is 16.0. The fourth-order valence-corrected chi connectivity index (χ4v) is 5.10. The first-order valence-corrected chi connectivity index (χ1v) is 9.55. The topological polar surface area (TPSA) is 27.7 Å². The summed E-state index contributed by atoms with van der Waals surface area (Å²) in [6.45, 7) is 4.33. The highest BCUT2D eigenvalue weighted by Gasteiger charge is 2.54. The number of hydrogen-bond donors (Lipinski definition) is 0. The number of halogens is 1. The van der Waals surface area contributed by atoms with Crippen LogP contribution in [0.1, 0.15) is 19.4 Å². The Morgan fingerprint density at radius 2 is 1.74 bits per heavy atom. The Morgan fingerprint density at radius 1 is 1.09 bits per heavy atom. The zero-order chi connectivity index (χ0) is 17.1. The van der Waals surface area contributed by atoms with Crippen molar-refractivity contribution in [2.24, 2.45) is 0 Å².